The van der Waals surface area contributed by atoms with Gasteiger partial charge in [0.2, 0.25) is 10.0 Å². The molecule has 0 bridgehead atoms. The van der Waals surface area contributed by atoms with Crippen LogP contribution < -0.4 is 16.2 Å². The molecule has 0 saturated heterocycles. The third-order valence-electron chi connectivity index (χ3n) is 3.05. The molecule has 0 aliphatic carbocycles. The Morgan fingerprint density at radius 2 is 1.96 bits per heavy atom. The van der Waals surface area contributed by atoms with E-state index in [2.05, 4.69) is 15.6 Å². The minimum atomic E-state index is -3.77. The molecule has 0 saturated carbocycles. The molecule has 0 aliphatic heterocycles. The van der Waals surface area contributed by atoms with Crippen molar-refractivity contribution < 1.29 is 13.2 Å². The van der Waals surface area contributed by atoms with Gasteiger partial charge < -0.3 is 11.1 Å². The molecule has 0 radical (unpaired) electrons. The minimum Gasteiger partial charge on any atom is -0.346 e. The Hall–Kier alpha value is -2.30. The molecule has 0 atom stereocenters. The van der Waals surface area contributed by atoms with Crippen LogP contribution in [0.1, 0.15) is 22.5 Å². The first-order valence-corrected chi connectivity index (χ1v) is 8.45. The first-order chi connectivity index (χ1) is 10.9. The van der Waals surface area contributed by atoms with Gasteiger partial charge in [0.05, 0.1) is 17.6 Å². The van der Waals surface area contributed by atoms with Crippen molar-refractivity contribution in [3.05, 3.63) is 41.7 Å². The highest BCUT2D eigenvalue weighted by atomic mass is 32.2. The van der Waals surface area contributed by atoms with Crippen LogP contribution in [0.25, 0.3) is 0 Å². The molecular weight excluding hydrogens is 320 g/mol. The van der Waals surface area contributed by atoms with Gasteiger partial charge in [-0.25, -0.2) is 13.6 Å². The summed E-state index contributed by atoms with van der Waals surface area (Å²) in [6, 6.07) is 5.36. The number of nitrogens with one attached hydrogen (secondary N) is 1. The predicted molar refractivity (Wildman–Crippen MR) is 82.7 cm³/mol. The molecule has 5 N–H and O–H groups in total. The Bertz CT molecular complexity index is 769. The zero-order valence-corrected chi connectivity index (χ0v) is 13.2. The third kappa shape index (κ3) is 4.84. The summed E-state index contributed by atoms with van der Waals surface area (Å²) in [5.74, 6) is -0.345. The van der Waals surface area contributed by atoms with Gasteiger partial charge in [0.15, 0.2) is 0 Å². The van der Waals surface area contributed by atoms with Gasteiger partial charge in [0, 0.05) is 12.1 Å². The number of rotatable bonds is 7. The number of hydrogen-bond acceptors (Lipinski definition) is 6. The number of amides is 1. The lowest BCUT2D eigenvalue weighted by Gasteiger charge is -2.04. The van der Waals surface area contributed by atoms with E-state index in [1.807, 2.05) is 0 Å². The Kier molecular flexibility index (Phi) is 5.42. The predicted octanol–water partition coefficient (Wildman–Crippen LogP) is -0.796. The van der Waals surface area contributed by atoms with Gasteiger partial charge >= 0.3 is 0 Å². The number of hydrogen-bond donors (Lipinski definition) is 3. The molecule has 124 valence electrons. The second-order valence-corrected chi connectivity index (χ2v) is 6.43. The molecule has 1 heterocycles. The largest absolute Gasteiger partial charge is 0.346 e. The maximum absolute atomic E-state index is 12.0. The topological polar surface area (TPSA) is 146 Å². The number of benzene rings is 1. The second-order valence-electron chi connectivity index (χ2n) is 4.87. The van der Waals surface area contributed by atoms with Crippen LogP contribution >= 0.6 is 0 Å². The summed E-state index contributed by atoms with van der Waals surface area (Å²) in [5.41, 5.74) is 6.37. The Morgan fingerprint density at radius 1 is 1.26 bits per heavy atom. The smallest absolute Gasteiger partial charge is 0.251 e. The maximum atomic E-state index is 12.0. The van der Waals surface area contributed by atoms with Crippen molar-refractivity contribution in [1.82, 2.24) is 20.3 Å². The Morgan fingerprint density at radius 3 is 2.57 bits per heavy atom. The molecule has 1 amide bonds. The summed E-state index contributed by atoms with van der Waals surface area (Å²) >= 11 is 0. The highest BCUT2D eigenvalue weighted by Crippen LogP contribution is 2.08. The number of nitrogens with two attached hydrogens (primary N) is 2. The van der Waals surface area contributed by atoms with E-state index in [1.165, 1.54) is 24.3 Å². The van der Waals surface area contributed by atoms with Crippen LogP contribution in [0.2, 0.25) is 0 Å². The van der Waals surface area contributed by atoms with Crippen LogP contribution in [0.3, 0.4) is 0 Å². The normalized spacial score (nSPS) is 11.4. The van der Waals surface area contributed by atoms with Crippen LogP contribution in [0.15, 0.2) is 35.4 Å². The Labute approximate surface area is 133 Å². The fourth-order valence-corrected chi connectivity index (χ4v) is 2.37. The minimum absolute atomic E-state index is 0.0445. The summed E-state index contributed by atoms with van der Waals surface area (Å²) in [7, 11) is -3.77. The lowest BCUT2D eigenvalue weighted by atomic mass is 10.2. The van der Waals surface area contributed by atoms with E-state index in [4.69, 9.17) is 10.9 Å². The van der Waals surface area contributed by atoms with Gasteiger partial charge in [-0.15, -0.1) is 5.10 Å². The summed E-state index contributed by atoms with van der Waals surface area (Å²) in [5, 5.41) is 15.5. The fraction of sp³-hybridized carbons (Fsp3) is 0.308. The molecule has 2 aromatic rings. The number of nitrogens with zero attached hydrogens (tertiary/aromatic N) is 3. The molecule has 0 unspecified atom stereocenters. The second kappa shape index (κ2) is 7.31. The third-order valence-corrected chi connectivity index (χ3v) is 3.98. The van der Waals surface area contributed by atoms with Crippen LogP contribution in [-0.2, 0) is 23.1 Å². The number of primary sulfonamides is 1. The van der Waals surface area contributed by atoms with Crippen molar-refractivity contribution in [3.8, 4) is 0 Å². The molecular formula is C13H18N6O3S. The van der Waals surface area contributed by atoms with E-state index in [9.17, 15) is 13.2 Å². The quantitative estimate of drug-likeness (QED) is 0.602. The van der Waals surface area contributed by atoms with Crippen LogP contribution in [0.4, 0.5) is 0 Å². The van der Waals surface area contributed by atoms with Gasteiger partial charge in [0.25, 0.3) is 5.91 Å². The average molecular weight is 338 g/mol. The summed E-state index contributed by atoms with van der Waals surface area (Å²) < 4.78 is 24.0. The summed E-state index contributed by atoms with van der Waals surface area (Å²) in [6.45, 7) is 1.46. The first kappa shape index (κ1) is 17.1. The van der Waals surface area contributed by atoms with E-state index in [0.29, 0.717) is 24.3 Å². The fourth-order valence-electron chi connectivity index (χ4n) is 1.85. The maximum Gasteiger partial charge on any atom is 0.251 e. The van der Waals surface area contributed by atoms with E-state index in [1.54, 1.807) is 10.9 Å². The van der Waals surface area contributed by atoms with Gasteiger partial charge in [-0.2, -0.15) is 0 Å². The standard InChI is InChI=1S/C13H18N6O3S/c14-6-1-7-19-9-11(17-18-19)8-16-13(20)10-2-4-12(5-3-10)23(15,21)22/h2-5,9H,1,6-8,14H2,(H,16,20)(H2,15,21,22). The molecule has 0 fully saturated rings. The van der Waals surface area contributed by atoms with E-state index >= 15 is 0 Å². The summed E-state index contributed by atoms with van der Waals surface area (Å²) in [4.78, 5) is 11.9. The first-order valence-electron chi connectivity index (χ1n) is 6.90. The van der Waals surface area contributed by atoms with E-state index < -0.39 is 10.0 Å². The lowest BCUT2D eigenvalue weighted by molar-refractivity contribution is 0.0950. The van der Waals surface area contributed by atoms with Crippen molar-refractivity contribution in [2.75, 3.05) is 6.54 Å². The highest BCUT2D eigenvalue weighted by Gasteiger charge is 2.10. The van der Waals surface area contributed by atoms with Crippen molar-refractivity contribution in [1.29, 1.82) is 0 Å². The number of aryl methyl sites for hydroxylation is 1. The molecule has 9 nitrogen and oxygen atoms in total. The van der Waals surface area contributed by atoms with Crippen molar-refractivity contribution in [3.63, 3.8) is 0 Å². The molecule has 0 aliphatic rings. The van der Waals surface area contributed by atoms with Crippen molar-refractivity contribution in [2.24, 2.45) is 10.9 Å². The van der Waals surface area contributed by atoms with Crippen LogP contribution in [0, 0.1) is 0 Å². The molecule has 2 rings (SSSR count). The number of sulfonamides is 1. The van der Waals surface area contributed by atoms with E-state index in [-0.39, 0.29) is 17.3 Å². The van der Waals surface area contributed by atoms with Crippen LogP contribution in [0.5, 0.6) is 0 Å². The lowest BCUT2D eigenvalue weighted by Crippen LogP contribution is -2.23. The van der Waals surface area contributed by atoms with Gasteiger partial charge in [0.1, 0.15) is 5.69 Å². The zero-order chi connectivity index (χ0) is 16.9. The molecule has 1 aromatic carbocycles. The van der Waals surface area contributed by atoms with Crippen LogP contribution in [-0.4, -0.2) is 35.9 Å². The monoisotopic (exact) mass is 338 g/mol. The molecule has 0 spiro atoms. The molecule has 10 heteroatoms. The van der Waals surface area contributed by atoms with Gasteiger partial charge in [-0.3, -0.25) is 9.48 Å². The van der Waals surface area contributed by atoms with Crippen molar-refractivity contribution in [2.45, 2.75) is 24.4 Å². The van der Waals surface area contributed by atoms with Crippen molar-refractivity contribution >= 4 is 15.9 Å². The zero-order valence-electron chi connectivity index (χ0n) is 12.3. The SMILES string of the molecule is NCCCn1cc(CNC(=O)c2ccc(S(N)(=O)=O)cc2)nn1. The number of carbonyl (C=O) groups is 1. The summed E-state index contributed by atoms with van der Waals surface area (Å²) in [6.07, 6.45) is 2.53. The molecule has 1 aromatic heterocycles. The Balaban J connectivity index is 1.93. The van der Waals surface area contributed by atoms with Gasteiger partial charge in [-0.05, 0) is 37.2 Å². The number of carbonyl (C=O) groups excluding carboxylic acids is 1. The number of aromatic nitrogens is 3. The average Bonchev–Trinajstić information content (AvgIpc) is 2.98. The highest BCUT2D eigenvalue weighted by molar-refractivity contribution is 7.89. The molecule has 23 heavy (non-hydrogen) atoms. The van der Waals surface area contributed by atoms with Gasteiger partial charge in [-0.1, -0.05) is 5.21 Å². The van der Waals surface area contributed by atoms with E-state index in [0.717, 1.165) is 6.42 Å².